The quantitative estimate of drug-likeness (QED) is 0.780. The number of nitrogens with one attached hydrogen (secondary N) is 1. The Hall–Kier alpha value is -0.440. The number of halogens is 2. The maximum atomic E-state index is 6.00. The van der Waals surface area contributed by atoms with E-state index in [0.717, 1.165) is 18.8 Å². The van der Waals surface area contributed by atoms with Gasteiger partial charge in [-0.25, -0.2) is 0 Å². The first-order chi connectivity index (χ1) is 7.59. The Morgan fingerprint density at radius 2 is 2.06 bits per heavy atom. The SMILES string of the molecule is CC(C)COCCNc1cc(Cl)ccc1Cl. The van der Waals surface area contributed by atoms with E-state index in [2.05, 4.69) is 19.2 Å². The lowest BCUT2D eigenvalue weighted by molar-refractivity contribution is 0.118. The molecule has 0 fully saturated rings. The van der Waals surface area contributed by atoms with E-state index in [9.17, 15) is 0 Å². The minimum atomic E-state index is 0.565. The largest absolute Gasteiger partial charge is 0.381 e. The molecule has 0 saturated carbocycles. The van der Waals surface area contributed by atoms with Gasteiger partial charge in [-0.1, -0.05) is 37.0 Å². The molecule has 4 heteroatoms. The molecular weight excluding hydrogens is 245 g/mol. The molecule has 0 spiro atoms. The van der Waals surface area contributed by atoms with Crippen molar-refractivity contribution in [2.75, 3.05) is 25.1 Å². The van der Waals surface area contributed by atoms with Crippen LogP contribution in [0.1, 0.15) is 13.8 Å². The van der Waals surface area contributed by atoms with Crippen LogP contribution in [0.25, 0.3) is 0 Å². The van der Waals surface area contributed by atoms with E-state index in [4.69, 9.17) is 27.9 Å². The van der Waals surface area contributed by atoms with E-state index in [-0.39, 0.29) is 0 Å². The van der Waals surface area contributed by atoms with Crippen LogP contribution in [-0.2, 0) is 4.74 Å². The standard InChI is InChI=1S/C12H17Cl2NO/c1-9(2)8-16-6-5-15-12-7-10(13)3-4-11(12)14/h3-4,7,9,15H,5-6,8H2,1-2H3. The second-order valence-corrected chi connectivity index (χ2v) is 4.86. The van der Waals surface area contributed by atoms with Crippen LogP contribution in [0.4, 0.5) is 5.69 Å². The normalized spacial score (nSPS) is 10.8. The summed E-state index contributed by atoms with van der Waals surface area (Å²) in [5, 5.41) is 4.54. The zero-order valence-electron chi connectivity index (χ0n) is 9.59. The highest BCUT2D eigenvalue weighted by atomic mass is 35.5. The van der Waals surface area contributed by atoms with Gasteiger partial charge in [0.1, 0.15) is 0 Å². The molecule has 0 saturated heterocycles. The first-order valence-corrected chi connectivity index (χ1v) is 6.12. The average Bonchev–Trinajstić information content (AvgIpc) is 2.22. The summed E-state index contributed by atoms with van der Waals surface area (Å²) >= 11 is 11.9. The van der Waals surface area contributed by atoms with Gasteiger partial charge in [0.25, 0.3) is 0 Å². The minimum absolute atomic E-state index is 0.565. The number of benzene rings is 1. The molecule has 0 amide bonds. The van der Waals surface area contributed by atoms with Gasteiger partial charge in [0, 0.05) is 18.2 Å². The van der Waals surface area contributed by atoms with Crippen LogP contribution in [0.2, 0.25) is 10.0 Å². The van der Waals surface area contributed by atoms with Gasteiger partial charge in [0.15, 0.2) is 0 Å². The molecule has 2 nitrogen and oxygen atoms in total. The summed E-state index contributed by atoms with van der Waals surface area (Å²) in [6, 6.07) is 5.36. The van der Waals surface area contributed by atoms with Crippen molar-refractivity contribution in [1.29, 1.82) is 0 Å². The lowest BCUT2D eigenvalue weighted by Gasteiger charge is -2.10. The highest BCUT2D eigenvalue weighted by molar-refractivity contribution is 6.35. The molecule has 90 valence electrons. The fraction of sp³-hybridized carbons (Fsp3) is 0.500. The topological polar surface area (TPSA) is 21.3 Å². The number of hydrogen-bond acceptors (Lipinski definition) is 2. The molecule has 0 unspecified atom stereocenters. The summed E-state index contributed by atoms with van der Waals surface area (Å²) in [5.74, 6) is 0.565. The van der Waals surface area contributed by atoms with Crippen LogP contribution in [0, 0.1) is 5.92 Å². The number of anilines is 1. The number of hydrogen-bond donors (Lipinski definition) is 1. The summed E-state index contributed by atoms with van der Waals surface area (Å²) in [6.07, 6.45) is 0. The highest BCUT2D eigenvalue weighted by Gasteiger charge is 2.00. The van der Waals surface area contributed by atoms with Crippen molar-refractivity contribution >= 4 is 28.9 Å². The Labute approximate surface area is 107 Å². The van der Waals surface area contributed by atoms with E-state index in [1.165, 1.54) is 0 Å². The van der Waals surface area contributed by atoms with Gasteiger partial charge >= 0.3 is 0 Å². The lowest BCUT2D eigenvalue weighted by atomic mass is 10.2. The van der Waals surface area contributed by atoms with Crippen LogP contribution >= 0.6 is 23.2 Å². The van der Waals surface area contributed by atoms with Crippen molar-refractivity contribution in [3.8, 4) is 0 Å². The molecule has 0 radical (unpaired) electrons. The monoisotopic (exact) mass is 261 g/mol. The Bertz CT molecular complexity index is 329. The highest BCUT2D eigenvalue weighted by Crippen LogP contribution is 2.24. The van der Waals surface area contributed by atoms with Gasteiger partial charge in [-0.2, -0.15) is 0 Å². The molecule has 0 atom stereocenters. The number of rotatable bonds is 6. The first kappa shape index (κ1) is 13.6. The summed E-state index contributed by atoms with van der Waals surface area (Å²) in [6.45, 7) is 6.43. The second kappa shape index (κ2) is 7.00. The van der Waals surface area contributed by atoms with Gasteiger partial charge in [-0.05, 0) is 24.1 Å². The van der Waals surface area contributed by atoms with Crippen molar-refractivity contribution in [2.45, 2.75) is 13.8 Å². The second-order valence-electron chi connectivity index (χ2n) is 4.02. The minimum Gasteiger partial charge on any atom is -0.381 e. The van der Waals surface area contributed by atoms with Crippen LogP contribution in [0.3, 0.4) is 0 Å². The summed E-state index contributed by atoms with van der Waals surface area (Å²) in [4.78, 5) is 0. The summed E-state index contributed by atoms with van der Waals surface area (Å²) in [7, 11) is 0. The van der Waals surface area contributed by atoms with Gasteiger partial charge < -0.3 is 10.1 Å². The summed E-state index contributed by atoms with van der Waals surface area (Å²) in [5.41, 5.74) is 0.849. The Balaban J connectivity index is 2.29. The third-order valence-corrected chi connectivity index (χ3v) is 2.51. The first-order valence-electron chi connectivity index (χ1n) is 5.36. The zero-order valence-corrected chi connectivity index (χ0v) is 11.1. The van der Waals surface area contributed by atoms with Crippen molar-refractivity contribution in [1.82, 2.24) is 0 Å². The molecule has 0 aliphatic heterocycles. The van der Waals surface area contributed by atoms with Crippen molar-refractivity contribution < 1.29 is 4.74 Å². The smallest absolute Gasteiger partial charge is 0.0639 e. The van der Waals surface area contributed by atoms with E-state index in [1.54, 1.807) is 12.1 Å². The molecule has 0 heterocycles. The predicted molar refractivity (Wildman–Crippen MR) is 70.6 cm³/mol. The van der Waals surface area contributed by atoms with Gasteiger partial charge in [-0.15, -0.1) is 0 Å². The molecule has 0 aliphatic carbocycles. The maximum absolute atomic E-state index is 6.00. The molecule has 16 heavy (non-hydrogen) atoms. The van der Waals surface area contributed by atoms with Crippen LogP contribution < -0.4 is 5.32 Å². The van der Waals surface area contributed by atoms with E-state index < -0.39 is 0 Å². The Morgan fingerprint density at radius 1 is 1.31 bits per heavy atom. The molecule has 1 N–H and O–H groups in total. The molecule has 1 rings (SSSR count). The molecule has 0 aliphatic rings. The van der Waals surface area contributed by atoms with Gasteiger partial charge in [-0.3, -0.25) is 0 Å². The van der Waals surface area contributed by atoms with Gasteiger partial charge in [0.2, 0.25) is 0 Å². The maximum Gasteiger partial charge on any atom is 0.0639 e. The molecule has 1 aromatic carbocycles. The summed E-state index contributed by atoms with van der Waals surface area (Å²) < 4.78 is 5.45. The zero-order chi connectivity index (χ0) is 12.0. The van der Waals surface area contributed by atoms with Crippen LogP contribution in [0.15, 0.2) is 18.2 Å². The third kappa shape index (κ3) is 5.06. The molecule has 0 bridgehead atoms. The van der Waals surface area contributed by atoms with Crippen molar-refractivity contribution in [3.63, 3.8) is 0 Å². The van der Waals surface area contributed by atoms with Crippen LogP contribution in [0.5, 0.6) is 0 Å². The average molecular weight is 262 g/mol. The van der Waals surface area contributed by atoms with E-state index >= 15 is 0 Å². The fourth-order valence-corrected chi connectivity index (χ4v) is 1.57. The lowest BCUT2D eigenvalue weighted by Crippen LogP contribution is -2.12. The fourth-order valence-electron chi connectivity index (χ4n) is 1.21. The predicted octanol–water partition coefficient (Wildman–Crippen LogP) is 4.08. The van der Waals surface area contributed by atoms with E-state index in [0.29, 0.717) is 22.6 Å². The molecule has 0 aromatic heterocycles. The molecular formula is C12H17Cl2NO. The molecule has 1 aromatic rings. The van der Waals surface area contributed by atoms with Crippen molar-refractivity contribution in [3.05, 3.63) is 28.2 Å². The Morgan fingerprint density at radius 3 is 2.75 bits per heavy atom. The van der Waals surface area contributed by atoms with Crippen molar-refractivity contribution in [2.24, 2.45) is 5.92 Å². The van der Waals surface area contributed by atoms with Gasteiger partial charge in [0.05, 0.1) is 17.3 Å². The third-order valence-electron chi connectivity index (χ3n) is 1.94. The number of ether oxygens (including phenoxy) is 1. The Kier molecular flexibility index (Phi) is 5.96. The van der Waals surface area contributed by atoms with Crippen LogP contribution in [-0.4, -0.2) is 19.8 Å². The van der Waals surface area contributed by atoms with E-state index in [1.807, 2.05) is 6.07 Å².